The summed E-state index contributed by atoms with van der Waals surface area (Å²) in [6.45, 7) is 1.35. The lowest BCUT2D eigenvalue weighted by atomic mass is 10.2. The van der Waals surface area contributed by atoms with Gasteiger partial charge in [-0.05, 0) is 17.5 Å². The summed E-state index contributed by atoms with van der Waals surface area (Å²) in [5, 5.41) is 24.1. The molecule has 0 atom stereocenters. The second kappa shape index (κ2) is 8.66. The first kappa shape index (κ1) is 19.5. The number of hydrogen-bond acceptors (Lipinski definition) is 8. The van der Waals surface area contributed by atoms with Crippen molar-refractivity contribution in [2.75, 3.05) is 11.9 Å². The Morgan fingerprint density at radius 3 is 2.93 bits per heavy atom. The van der Waals surface area contributed by atoms with E-state index >= 15 is 0 Å². The molecular weight excluding hydrogens is 406 g/mol. The van der Waals surface area contributed by atoms with Crippen LogP contribution in [0.25, 0.3) is 11.0 Å². The predicted molar refractivity (Wildman–Crippen MR) is 112 cm³/mol. The van der Waals surface area contributed by atoms with Crippen molar-refractivity contribution in [1.29, 1.82) is 0 Å². The molecule has 30 heavy (non-hydrogen) atoms. The van der Waals surface area contributed by atoms with E-state index in [1.165, 1.54) is 35.5 Å². The molecule has 0 unspecified atom stereocenters. The lowest BCUT2D eigenvalue weighted by Crippen LogP contribution is -2.27. The molecule has 0 bridgehead atoms. The van der Waals surface area contributed by atoms with Gasteiger partial charge in [0.15, 0.2) is 5.65 Å². The summed E-state index contributed by atoms with van der Waals surface area (Å²) in [6.07, 6.45) is 3.16. The molecule has 4 aromatic rings. The van der Waals surface area contributed by atoms with Crippen LogP contribution in [0, 0.1) is 10.1 Å². The molecule has 0 fully saturated rings. The Hall–Kier alpha value is -3.86. The third-order valence-electron chi connectivity index (χ3n) is 4.37. The smallest absolute Gasteiger partial charge is 0.270 e. The number of carbonyl (C=O) groups is 1. The second-order valence-corrected chi connectivity index (χ2v) is 7.36. The summed E-state index contributed by atoms with van der Waals surface area (Å²) in [5.74, 6) is 0.309. The molecule has 0 saturated carbocycles. The number of nitro benzene ring substituents is 1. The van der Waals surface area contributed by atoms with Gasteiger partial charge in [-0.15, -0.1) is 11.3 Å². The lowest BCUT2D eigenvalue weighted by Gasteiger charge is -2.07. The zero-order valence-corrected chi connectivity index (χ0v) is 16.5. The summed E-state index contributed by atoms with van der Waals surface area (Å²) in [7, 11) is 0. The molecule has 0 aliphatic heterocycles. The Balaban J connectivity index is 1.39. The molecule has 10 nitrogen and oxygen atoms in total. The van der Waals surface area contributed by atoms with Gasteiger partial charge in [-0.2, -0.15) is 5.10 Å². The Labute approximate surface area is 174 Å². The number of nitrogens with one attached hydrogen (secondary N) is 2. The van der Waals surface area contributed by atoms with Crippen LogP contribution in [0.4, 0.5) is 11.5 Å². The van der Waals surface area contributed by atoms with Crippen molar-refractivity contribution in [3.8, 4) is 0 Å². The Bertz CT molecular complexity index is 1190. The van der Waals surface area contributed by atoms with Gasteiger partial charge < -0.3 is 10.6 Å². The third-order valence-corrected chi connectivity index (χ3v) is 5.25. The molecule has 0 aliphatic rings. The van der Waals surface area contributed by atoms with Gasteiger partial charge in [0.1, 0.15) is 12.1 Å². The summed E-state index contributed by atoms with van der Waals surface area (Å²) < 4.78 is 1.68. The Kier molecular flexibility index (Phi) is 5.61. The summed E-state index contributed by atoms with van der Waals surface area (Å²) in [6, 6.07) is 9.65. The van der Waals surface area contributed by atoms with Crippen LogP contribution < -0.4 is 10.6 Å². The average Bonchev–Trinajstić information content (AvgIpc) is 3.42. The summed E-state index contributed by atoms with van der Waals surface area (Å²) in [4.78, 5) is 32.4. The number of rotatable bonds is 8. The van der Waals surface area contributed by atoms with Crippen molar-refractivity contribution < 1.29 is 9.72 Å². The van der Waals surface area contributed by atoms with Gasteiger partial charge in [-0.3, -0.25) is 14.9 Å². The molecule has 11 heteroatoms. The number of aromatic nitrogens is 4. The third kappa shape index (κ3) is 4.25. The zero-order chi connectivity index (χ0) is 20.9. The van der Waals surface area contributed by atoms with Crippen molar-refractivity contribution >= 4 is 39.8 Å². The number of hydrogen-bond donors (Lipinski definition) is 2. The first-order chi connectivity index (χ1) is 14.6. The van der Waals surface area contributed by atoms with Crippen LogP contribution in [0.1, 0.15) is 15.2 Å². The maximum Gasteiger partial charge on any atom is 0.270 e. The fourth-order valence-corrected chi connectivity index (χ4v) is 3.56. The van der Waals surface area contributed by atoms with Crippen LogP contribution in [0.2, 0.25) is 0 Å². The minimum atomic E-state index is -0.531. The number of fused-ring (bicyclic) bond motifs is 1. The Morgan fingerprint density at radius 1 is 1.23 bits per heavy atom. The number of non-ortho nitro benzene ring substituents is 1. The zero-order valence-electron chi connectivity index (χ0n) is 15.7. The molecule has 3 aromatic heterocycles. The van der Waals surface area contributed by atoms with Crippen LogP contribution in [-0.4, -0.2) is 37.1 Å². The highest BCUT2D eigenvalue weighted by atomic mass is 32.1. The molecule has 152 valence electrons. The highest BCUT2D eigenvalue weighted by molar-refractivity contribution is 7.09. The van der Waals surface area contributed by atoms with Crippen LogP contribution in [0.15, 0.2) is 54.3 Å². The maximum absolute atomic E-state index is 12.3. The highest BCUT2D eigenvalue weighted by Crippen LogP contribution is 2.20. The number of nitrogens with zero attached hydrogens (tertiary/aromatic N) is 5. The first-order valence-electron chi connectivity index (χ1n) is 9.07. The van der Waals surface area contributed by atoms with E-state index in [-0.39, 0.29) is 17.2 Å². The monoisotopic (exact) mass is 423 g/mol. The standard InChI is InChI=1S/C19H17N7O3S/c27-19(13-3-1-4-14(9-13)26(28)29)20-6-7-25-18-16(11-24-25)17(22-12-23-18)21-10-15-5-2-8-30-15/h1-5,8-9,11-12H,6-7,10H2,(H,20,27)(H,21,22,23). The molecule has 2 N–H and O–H groups in total. The van der Waals surface area contributed by atoms with E-state index in [4.69, 9.17) is 0 Å². The number of benzene rings is 1. The molecule has 4 rings (SSSR count). The largest absolute Gasteiger partial charge is 0.364 e. The van der Waals surface area contributed by atoms with Gasteiger partial charge in [0.05, 0.1) is 29.6 Å². The normalized spacial score (nSPS) is 10.8. The van der Waals surface area contributed by atoms with E-state index in [9.17, 15) is 14.9 Å². The molecule has 1 amide bonds. The van der Waals surface area contributed by atoms with Crippen molar-refractivity contribution in [3.05, 3.63) is 74.9 Å². The van der Waals surface area contributed by atoms with Gasteiger partial charge in [0.25, 0.3) is 11.6 Å². The molecule has 0 radical (unpaired) electrons. The molecular formula is C19H17N7O3S. The highest BCUT2D eigenvalue weighted by Gasteiger charge is 2.13. The van der Waals surface area contributed by atoms with Crippen LogP contribution in [0.5, 0.6) is 0 Å². The summed E-state index contributed by atoms with van der Waals surface area (Å²) >= 11 is 1.66. The van der Waals surface area contributed by atoms with Crippen LogP contribution in [0.3, 0.4) is 0 Å². The van der Waals surface area contributed by atoms with E-state index in [2.05, 4.69) is 25.7 Å². The maximum atomic E-state index is 12.3. The number of anilines is 1. The molecule has 3 heterocycles. The van der Waals surface area contributed by atoms with Crippen molar-refractivity contribution in [3.63, 3.8) is 0 Å². The molecule has 1 aromatic carbocycles. The number of nitro groups is 1. The van der Waals surface area contributed by atoms with Crippen molar-refractivity contribution in [2.24, 2.45) is 0 Å². The molecule has 0 saturated heterocycles. The van der Waals surface area contributed by atoms with Crippen LogP contribution in [-0.2, 0) is 13.1 Å². The number of carbonyl (C=O) groups excluding carboxylic acids is 1. The van der Waals surface area contributed by atoms with E-state index in [1.807, 2.05) is 17.5 Å². The first-order valence-corrected chi connectivity index (χ1v) is 9.95. The van der Waals surface area contributed by atoms with Gasteiger partial charge in [0, 0.05) is 29.1 Å². The predicted octanol–water partition coefficient (Wildman–Crippen LogP) is 2.84. The van der Waals surface area contributed by atoms with E-state index < -0.39 is 4.92 Å². The topological polar surface area (TPSA) is 128 Å². The van der Waals surface area contributed by atoms with E-state index in [0.29, 0.717) is 31.1 Å². The fraction of sp³-hybridized carbons (Fsp3) is 0.158. The summed E-state index contributed by atoms with van der Waals surface area (Å²) in [5.41, 5.74) is 0.764. The van der Waals surface area contributed by atoms with Gasteiger partial charge in [0.2, 0.25) is 0 Å². The Morgan fingerprint density at radius 2 is 2.13 bits per heavy atom. The van der Waals surface area contributed by atoms with Crippen molar-refractivity contribution in [1.82, 2.24) is 25.1 Å². The minimum absolute atomic E-state index is 0.125. The second-order valence-electron chi connectivity index (χ2n) is 6.32. The SMILES string of the molecule is O=C(NCCn1ncc2c(NCc3cccs3)ncnc21)c1cccc([N+](=O)[O-])c1. The average molecular weight is 423 g/mol. The number of thiophene rings is 1. The van der Waals surface area contributed by atoms with Crippen LogP contribution >= 0.6 is 11.3 Å². The van der Waals surface area contributed by atoms with Gasteiger partial charge >= 0.3 is 0 Å². The molecule has 0 aliphatic carbocycles. The van der Waals surface area contributed by atoms with Crippen molar-refractivity contribution in [2.45, 2.75) is 13.1 Å². The van der Waals surface area contributed by atoms with E-state index in [1.54, 1.807) is 22.2 Å². The van der Waals surface area contributed by atoms with E-state index in [0.717, 1.165) is 5.39 Å². The number of amides is 1. The minimum Gasteiger partial charge on any atom is -0.364 e. The molecule has 0 spiro atoms. The fourth-order valence-electron chi connectivity index (χ4n) is 2.92. The lowest BCUT2D eigenvalue weighted by molar-refractivity contribution is -0.384. The van der Waals surface area contributed by atoms with Gasteiger partial charge in [-0.1, -0.05) is 12.1 Å². The van der Waals surface area contributed by atoms with Gasteiger partial charge in [-0.25, -0.2) is 14.6 Å². The quantitative estimate of drug-likeness (QED) is 0.329.